The highest BCUT2D eigenvalue weighted by Crippen LogP contribution is 2.28. The molecule has 1 N–H and O–H groups in total. The first kappa shape index (κ1) is 17.8. The van der Waals surface area contributed by atoms with Crippen LogP contribution in [-0.2, 0) is 6.54 Å². The van der Waals surface area contributed by atoms with Crippen LogP contribution in [0.2, 0.25) is 0 Å². The second-order valence-electron chi connectivity index (χ2n) is 5.98. The number of hydrogen-bond acceptors (Lipinski definition) is 2. The highest BCUT2D eigenvalue weighted by Gasteiger charge is 2.32. The van der Waals surface area contributed by atoms with Gasteiger partial charge < -0.3 is 10.2 Å². The molecule has 0 heterocycles. The molecule has 0 spiro atoms. The van der Waals surface area contributed by atoms with Crippen molar-refractivity contribution in [2.45, 2.75) is 46.0 Å². The number of rotatable bonds is 5. The summed E-state index contributed by atoms with van der Waals surface area (Å²) in [6, 6.07) is 4.35. The minimum atomic E-state index is -4.37. The number of benzene rings is 1. The van der Waals surface area contributed by atoms with Crippen LogP contribution in [0.1, 0.15) is 33.3 Å². The van der Waals surface area contributed by atoms with Crippen molar-refractivity contribution in [3.63, 3.8) is 0 Å². The summed E-state index contributed by atoms with van der Waals surface area (Å²) in [5, 5.41) is 3.17. The number of para-hydroxylation sites is 1. The highest BCUT2D eigenvalue weighted by molar-refractivity contribution is 5.55. The molecule has 6 heteroatoms. The zero-order valence-corrected chi connectivity index (χ0v) is 12.8. The number of halogens is 4. The molecule has 0 aliphatic heterocycles. The van der Waals surface area contributed by atoms with Gasteiger partial charge >= 0.3 is 6.18 Å². The van der Waals surface area contributed by atoms with Crippen molar-refractivity contribution in [1.29, 1.82) is 0 Å². The fraction of sp³-hybridized carbons (Fsp3) is 0.600. The van der Waals surface area contributed by atoms with Gasteiger partial charge in [-0.3, -0.25) is 0 Å². The van der Waals surface area contributed by atoms with Gasteiger partial charge in [0.2, 0.25) is 0 Å². The molecule has 1 rings (SSSR count). The number of nitrogens with one attached hydrogen (secondary N) is 1. The first-order valence-corrected chi connectivity index (χ1v) is 6.87. The van der Waals surface area contributed by atoms with Crippen LogP contribution < -0.4 is 10.2 Å². The van der Waals surface area contributed by atoms with Gasteiger partial charge in [0.05, 0.1) is 5.69 Å². The van der Waals surface area contributed by atoms with Gasteiger partial charge in [-0.1, -0.05) is 12.1 Å². The Hall–Kier alpha value is -1.30. The third-order valence-corrected chi connectivity index (χ3v) is 2.95. The van der Waals surface area contributed by atoms with E-state index in [0.29, 0.717) is 12.1 Å². The molecule has 1 aromatic rings. The van der Waals surface area contributed by atoms with Gasteiger partial charge in [0.1, 0.15) is 12.4 Å². The quantitative estimate of drug-likeness (QED) is 0.824. The molecule has 0 aliphatic rings. The van der Waals surface area contributed by atoms with E-state index >= 15 is 0 Å². The number of nitrogens with zero attached hydrogens (tertiary/aromatic N) is 1. The molecule has 1 aromatic carbocycles. The topological polar surface area (TPSA) is 15.3 Å². The fourth-order valence-corrected chi connectivity index (χ4v) is 1.98. The van der Waals surface area contributed by atoms with Gasteiger partial charge in [-0.2, -0.15) is 13.2 Å². The Bertz CT molecular complexity index is 464. The van der Waals surface area contributed by atoms with E-state index in [9.17, 15) is 17.6 Å². The molecule has 0 saturated heterocycles. The second kappa shape index (κ2) is 6.64. The lowest BCUT2D eigenvalue weighted by Crippen LogP contribution is -2.38. The maximum Gasteiger partial charge on any atom is 0.405 e. The molecule has 0 unspecified atom stereocenters. The summed E-state index contributed by atoms with van der Waals surface area (Å²) >= 11 is 0. The minimum Gasteiger partial charge on any atom is -0.360 e. The van der Waals surface area contributed by atoms with Gasteiger partial charge in [-0.25, -0.2) is 4.39 Å². The van der Waals surface area contributed by atoms with E-state index in [4.69, 9.17) is 0 Å². The molecule has 0 atom stereocenters. The third-order valence-electron chi connectivity index (χ3n) is 2.95. The fourth-order valence-electron chi connectivity index (χ4n) is 1.98. The Morgan fingerprint density at radius 3 is 2.24 bits per heavy atom. The lowest BCUT2D eigenvalue weighted by atomic mass is 10.1. The first-order chi connectivity index (χ1) is 9.53. The Kier molecular flexibility index (Phi) is 5.61. The van der Waals surface area contributed by atoms with Crippen molar-refractivity contribution in [3.8, 4) is 0 Å². The molecular formula is C15H22F4N2. The van der Waals surface area contributed by atoms with Crippen LogP contribution >= 0.6 is 0 Å². The van der Waals surface area contributed by atoms with Gasteiger partial charge in [0.25, 0.3) is 0 Å². The van der Waals surface area contributed by atoms with Crippen molar-refractivity contribution in [2.75, 3.05) is 18.0 Å². The molecule has 0 amide bonds. The minimum absolute atomic E-state index is 0.0223. The van der Waals surface area contributed by atoms with E-state index < -0.39 is 18.5 Å². The molecule has 21 heavy (non-hydrogen) atoms. The summed E-state index contributed by atoms with van der Waals surface area (Å²) < 4.78 is 52.0. The van der Waals surface area contributed by atoms with Crippen molar-refractivity contribution in [1.82, 2.24) is 5.32 Å². The van der Waals surface area contributed by atoms with Gasteiger partial charge in [0.15, 0.2) is 0 Å². The zero-order valence-electron chi connectivity index (χ0n) is 12.8. The molecule has 0 fully saturated rings. The van der Waals surface area contributed by atoms with Crippen molar-refractivity contribution >= 4 is 5.69 Å². The Morgan fingerprint density at radius 1 is 1.14 bits per heavy atom. The van der Waals surface area contributed by atoms with Gasteiger partial charge in [0, 0.05) is 18.6 Å². The normalized spacial score (nSPS) is 12.6. The molecular weight excluding hydrogens is 284 g/mol. The molecule has 0 aliphatic carbocycles. The predicted octanol–water partition coefficient (Wildman–Crippen LogP) is 4.10. The van der Waals surface area contributed by atoms with E-state index in [1.807, 2.05) is 20.8 Å². The molecule has 0 saturated carbocycles. The average Bonchev–Trinajstić information content (AvgIpc) is 2.32. The molecule has 0 aromatic heterocycles. The van der Waals surface area contributed by atoms with E-state index in [-0.39, 0.29) is 17.8 Å². The summed E-state index contributed by atoms with van der Waals surface area (Å²) in [7, 11) is 0. The summed E-state index contributed by atoms with van der Waals surface area (Å²) in [6.45, 7) is 6.65. The smallest absolute Gasteiger partial charge is 0.360 e. The Balaban J connectivity index is 3.08. The summed E-state index contributed by atoms with van der Waals surface area (Å²) in [6.07, 6.45) is -4.37. The molecule has 2 nitrogen and oxygen atoms in total. The maximum atomic E-state index is 14.0. The summed E-state index contributed by atoms with van der Waals surface area (Å²) in [4.78, 5) is 1.02. The van der Waals surface area contributed by atoms with E-state index in [0.717, 1.165) is 4.90 Å². The van der Waals surface area contributed by atoms with Gasteiger partial charge in [-0.05, 0) is 39.3 Å². The molecule has 0 radical (unpaired) electrons. The number of hydrogen-bond donors (Lipinski definition) is 1. The SMILES string of the molecule is CCN(CC(F)(F)F)c1c(F)cccc1CNC(C)(C)C. The van der Waals surface area contributed by atoms with Crippen molar-refractivity contribution < 1.29 is 17.6 Å². The third kappa shape index (κ3) is 5.91. The lowest BCUT2D eigenvalue weighted by molar-refractivity contribution is -0.119. The first-order valence-electron chi connectivity index (χ1n) is 6.87. The Labute approximate surface area is 123 Å². The Morgan fingerprint density at radius 2 is 1.76 bits per heavy atom. The largest absolute Gasteiger partial charge is 0.405 e. The van der Waals surface area contributed by atoms with E-state index in [1.54, 1.807) is 13.0 Å². The predicted molar refractivity (Wildman–Crippen MR) is 76.9 cm³/mol. The second-order valence-corrected chi connectivity index (χ2v) is 5.98. The molecule has 0 bridgehead atoms. The number of anilines is 1. The standard InChI is InChI=1S/C15H22F4N2/c1-5-21(10-15(17,18)19)13-11(7-6-8-12(13)16)9-20-14(2,3)4/h6-8,20H,5,9-10H2,1-4H3. The van der Waals surface area contributed by atoms with Crippen molar-refractivity contribution in [3.05, 3.63) is 29.6 Å². The highest BCUT2D eigenvalue weighted by atomic mass is 19.4. The summed E-state index contributed by atoms with van der Waals surface area (Å²) in [5.41, 5.74) is 0.343. The van der Waals surface area contributed by atoms with Crippen LogP contribution in [0.4, 0.5) is 23.2 Å². The van der Waals surface area contributed by atoms with Crippen LogP contribution in [0.3, 0.4) is 0 Å². The number of alkyl halides is 3. The zero-order chi connectivity index (χ0) is 16.3. The maximum absolute atomic E-state index is 14.0. The van der Waals surface area contributed by atoms with Crippen LogP contribution in [-0.4, -0.2) is 24.8 Å². The van der Waals surface area contributed by atoms with Crippen molar-refractivity contribution in [2.24, 2.45) is 0 Å². The van der Waals surface area contributed by atoms with Gasteiger partial charge in [-0.15, -0.1) is 0 Å². The summed E-state index contributed by atoms with van der Waals surface area (Å²) in [5.74, 6) is -0.630. The van der Waals surface area contributed by atoms with Crippen LogP contribution in [0.25, 0.3) is 0 Å². The van der Waals surface area contributed by atoms with Crippen LogP contribution in [0.15, 0.2) is 18.2 Å². The van der Waals surface area contributed by atoms with Crippen LogP contribution in [0.5, 0.6) is 0 Å². The van der Waals surface area contributed by atoms with E-state index in [1.165, 1.54) is 12.1 Å². The molecule has 120 valence electrons. The lowest BCUT2D eigenvalue weighted by Gasteiger charge is -2.28. The average molecular weight is 306 g/mol. The van der Waals surface area contributed by atoms with Crippen LogP contribution in [0, 0.1) is 5.82 Å². The van der Waals surface area contributed by atoms with E-state index in [2.05, 4.69) is 5.32 Å². The monoisotopic (exact) mass is 306 g/mol.